The standard InChI is InChI=1S/C16H26N2O/c1-4-13-12-18(11-10-17(13)3)15(5-2)14-8-6-7-9-16(14)19/h6-9,13,15,19H,4-5,10-12H2,1-3H3. The predicted octanol–water partition coefficient (Wildman–Crippen LogP) is 2.87. The van der Waals surface area contributed by atoms with Crippen molar-refractivity contribution in [3.05, 3.63) is 29.8 Å². The Labute approximate surface area is 116 Å². The van der Waals surface area contributed by atoms with Crippen molar-refractivity contribution in [2.24, 2.45) is 0 Å². The number of hydrogen-bond donors (Lipinski definition) is 1. The molecule has 1 N–H and O–H groups in total. The van der Waals surface area contributed by atoms with E-state index in [0.717, 1.165) is 31.6 Å². The van der Waals surface area contributed by atoms with Crippen molar-refractivity contribution in [2.75, 3.05) is 26.7 Å². The van der Waals surface area contributed by atoms with Gasteiger partial charge in [-0.1, -0.05) is 32.0 Å². The number of phenolic OH excluding ortho intramolecular Hbond substituents is 1. The molecule has 3 heteroatoms. The number of hydrogen-bond acceptors (Lipinski definition) is 3. The summed E-state index contributed by atoms with van der Waals surface area (Å²) in [5.41, 5.74) is 1.07. The van der Waals surface area contributed by atoms with Crippen molar-refractivity contribution in [3.8, 4) is 5.75 Å². The first-order valence-electron chi connectivity index (χ1n) is 7.39. The average Bonchev–Trinajstić information content (AvgIpc) is 2.43. The molecule has 1 aliphatic rings. The molecule has 0 saturated carbocycles. The summed E-state index contributed by atoms with van der Waals surface area (Å²) in [6.07, 6.45) is 2.22. The maximum Gasteiger partial charge on any atom is 0.120 e. The van der Waals surface area contributed by atoms with E-state index in [1.54, 1.807) is 6.07 Å². The summed E-state index contributed by atoms with van der Waals surface area (Å²) in [6, 6.07) is 8.74. The molecule has 2 unspecified atom stereocenters. The maximum absolute atomic E-state index is 10.1. The highest BCUT2D eigenvalue weighted by Gasteiger charge is 2.28. The molecule has 3 nitrogen and oxygen atoms in total. The second-order valence-electron chi connectivity index (χ2n) is 5.52. The van der Waals surface area contributed by atoms with E-state index < -0.39 is 0 Å². The molecule has 106 valence electrons. The molecule has 1 saturated heterocycles. The first-order valence-corrected chi connectivity index (χ1v) is 7.39. The Hall–Kier alpha value is -1.06. The summed E-state index contributed by atoms with van der Waals surface area (Å²) in [5.74, 6) is 0.432. The highest BCUT2D eigenvalue weighted by molar-refractivity contribution is 5.34. The first-order chi connectivity index (χ1) is 9.17. The number of benzene rings is 1. The van der Waals surface area contributed by atoms with Crippen LogP contribution < -0.4 is 0 Å². The van der Waals surface area contributed by atoms with E-state index in [2.05, 4.69) is 36.8 Å². The van der Waals surface area contributed by atoms with Crippen molar-refractivity contribution in [1.82, 2.24) is 9.80 Å². The topological polar surface area (TPSA) is 26.7 Å². The number of rotatable bonds is 4. The van der Waals surface area contributed by atoms with Crippen molar-refractivity contribution in [2.45, 2.75) is 38.8 Å². The van der Waals surface area contributed by atoms with Gasteiger partial charge in [0.05, 0.1) is 0 Å². The SMILES string of the molecule is CCC1CN(C(CC)c2ccccc2O)CCN1C. The van der Waals surface area contributed by atoms with Crippen molar-refractivity contribution >= 4 is 0 Å². The van der Waals surface area contributed by atoms with Gasteiger partial charge in [0.2, 0.25) is 0 Å². The van der Waals surface area contributed by atoms with Gasteiger partial charge in [-0.05, 0) is 26.0 Å². The Kier molecular flexibility index (Phi) is 4.83. The Bertz CT molecular complexity index is 407. The third-order valence-electron chi connectivity index (χ3n) is 4.40. The highest BCUT2D eigenvalue weighted by atomic mass is 16.3. The van der Waals surface area contributed by atoms with Gasteiger partial charge >= 0.3 is 0 Å². The Balaban J connectivity index is 2.16. The van der Waals surface area contributed by atoms with E-state index in [1.807, 2.05) is 12.1 Å². The molecule has 1 fully saturated rings. The van der Waals surface area contributed by atoms with Crippen LogP contribution >= 0.6 is 0 Å². The zero-order valence-corrected chi connectivity index (χ0v) is 12.3. The summed E-state index contributed by atoms with van der Waals surface area (Å²) >= 11 is 0. The lowest BCUT2D eigenvalue weighted by Crippen LogP contribution is -2.51. The van der Waals surface area contributed by atoms with E-state index in [-0.39, 0.29) is 0 Å². The lowest BCUT2D eigenvalue weighted by atomic mass is 9.99. The van der Waals surface area contributed by atoms with Crippen LogP contribution in [-0.2, 0) is 0 Å². The second kappa shape index (κ2) is 6.40. The van der Waals surface area contributed by atoms with Crippen LogP contribution in [0.3, 0.4) is 0 Å². The van der Waals surface area contributed by atoms with Crippen LogP contribution in [0, 0.1) is 0 Å². The van der Waals surface area contributed by atoms with Gasteiger partial charge in [0, 0.05) is 37.3 Å². The van der Waals surface area contributed by atoms with Crippen molar-refractivity contribution < 1.29 is 5.11 Å². The summed E-state index contributed by atoms with van der Waals surface area (Å²) < 4.78 is 0. The highest BCUT2D eigenvalue weighted by Crippen LogP contribution is 2.32. The number of nitrogens with zero attached hydrogens (tertiary/aromatic N) is 2. The predicted molar refractivity (Wildman–Crippen MR) is 79.4 cm³/mol. The van der Waals surface area contributed by atoms with Gasteiger partial charge in [-0.3, -0.25) is 4.90 Å². The molecule has 19 heavy (non-hydrogen) atoms. The molecule has 1 aliphatic heterocycles. The van der Waals surface area contributed by atoms with Crippen LogP contribution in [-0.4, -0.2) is 47.6 Å². The van der Waals surface area contributed by atoms with Gasteiger partial charge in [-0.15, -0.1) is 0 Å². The molecule has 1 heterocycles. The fourth-order valence-corrected chi connectivity index (χ4v) is 3.14. The van der Waals surface area contributed by atoms with Crippen LogP contribution in [0.5, 0.6) is 5.75 Å². The third kappa shape index (κ3) is 3.10. The van der Waals surface area contributed by atoms with Crippen LogP contribution in [0.2, 0.25) is 0 Å². The first kappa shape index (κ1) is 14.4. The summed E-state index contributed by atoms with van der Waals surface area (Å²) in [6.45, 7) is 7.75. The fraction of sp³-hybridized carbons (Fsp3) is 0.625. The fourth-order valence-electron chi connectivity index (χ4n) is 3.14. The molecule has 1 aromatic carbocycles. The molecule has 0 spiro atoms. The quantitative estimate of drug-likeness (QED) is 0.904. The number of aromatic hydroxyl groups is 1. The molecule has 2 rings (SSSR count). The number of phenols is 1. The lowest BCUT2D eigenvalue weighted by Gasteiger charge is -2.43. The minimum absolute atomic E-state index is 0.337. The molecule has 0 amide bonds. The molecular weight excluding hydrogens is 236 g/mol. The van der Waals surface area contributed by atoms with Crippen LogP contribution in [0.15, 0.2) is 24.3 Å². The van der Waals surface area contributed by atoms with E-state index >= 15 is 0 Å². The molecule has 0 aliphatic carbocycles. The van der Waals surface area contributed by atoms with Gasteiger partial charge in [-0.2, -0.15) is 0 Å². The van der Waals surface area contributed by atoms with Gasteiger partial charge < -0.3 is 10.0 Å². The maximum atomic E-state index is 10.1. The van der Waals surface area contributed by atoms with Gasteiger partial charge in [0.25, 0.3) is 0 Å². The minimum atomic E-state index is 0.337. The summed E-state index contributed by atoms with van der Waals surface area (Å²) in [4.78, 5) is 4.98. The van der Waals surface area contributed by atoms with E-state index in [1.165, 1.54) is 6.42 Å². The Morgan fingerprint density at radius 3 is 2.63 bits per heavy atom. The number of para-hydroxylation sites is 1. The largest absolute Gasteiger partial charge is 0.508 e. The monoisotopic (exact) mass is 262 g/mol. The van der Waals surface area contributed by atoms with E-state index in [4.69, 9.17) is 0 Å². The molecule has 2 atom stereocenters. The van der Waals surface area contributed by atoms with Crippen molar-refractivity contribution in [1.29, 1.82) is 0 Å². The number of likely N-dealkylation sites (N-methyl/N-ethyl adjacent to an activating group) is 1. The lowest BCUT2D eigenvalue weighted by molar-refractivity contribution is 0.0597. The van der Waals surface area contributed by atoms with Crippen molar-refractivity contribution in [3.63, 3.8) is 0 Å². The minimum Gasteiger partial charge on any atom is -0.508 e. The van der Waals surface area contributed by atoms with E-state index in [0.29, 0.717) is 17.8 Å². The van der Waals surface area contributed by atoms with Gasteiger partial charge in [0.1, 0.15) is 5.75 Å². The molecule has 0 aromatic heterocycles. The third-order valence-corrected chi connectivity index (χ3v) is 4.40. The second-order valence-corrected chi connectivity index (χ2v) is 5.52. The zero-order valence-electron chi connectivity index (χ0n) is 12.3. The summed E-state index contributed by atoms with van der Waals surface area (Å²) in [7, 11) is 2.21. The Morgan fingerprint density at radius 2 is 2.00 bits per heavy atom. The molecule has 0 radical (unpaired) electrons. The van der Waals surface area contributed by atoms with Crippen LogP contribution in [0.25, 0.3) is 0 Å². The van der Waals surface area contributed by atoms with Crippen LogP contribution in [0.4, 0.5) is 0 Å². The summed E-state index contributed by atoms with van der Waals surface area (Å²) in [5, 5.41) is 10.1. The van der Waals surface area contributed by atoms with Gasteiger partial charge in [0.15, 0.2) is 0 Å². The average molecular weight is 262 g/mol. The van der Waals surface area contributed by atoms with E-state index in [9.17, 15) is 5.11 Å². The number of piperazine rings is 1. The van der Waals surface area contributed by atoms with Gasteiger partial charge in [-0.25, -0.2) is 0 Å². The smallest absolute Gasteiger partial charge is 0.120 e. The normalized spacial score (nSPS) is 23.4. The molecule has 0 bridgehead atoms. The Morgan fingerprint density at radius 1 is 1.26 bits per heavy atom. The van der Waals surface area contributed by atoms with Crippen LogP contribution in [0.1, 0.15) is 38.3 Å². The molecular formula is C16H26N2O. The molecule has 1 aromatic rings. The zero-order chi connectivity index (χ0) is 13.8.